The summed E-state index contributed by atoms with van der Waals surface area (Å²) in [7, 11) is -1.61. The van der Waals surface area contributed by atoms with Gasteiger partial charge in [-0.2, -0.15) is 0 Å². The lowest BCUT2D eigenvalue weighted by Crippen LogP contribution is -2.17. The molecule has 0 bridgehead atoms. The second-order valence-electron chi connectivity index (χ2n) is 3.88. The second-order valence-corrected chi connectivity index (χ2v) is 6.06. The zero-order chi connectivity index (χ0) is 12.9. The van der Waals surface area contributed by atoms with Gasteiger partial charge >= 0.3 is 0 Å². The van der Waals surface area contributed by atoms with Gasteiger partial charge in [-0.25, -0.2) is 8.42 Å². The van der Waals surface area contributed by atoms with Crippen LogP contribution in [0.4, 0.5) is 0 Å². The van der Waals surface area contributed by atoms with Crippen molar-refractivity contribution in [1.29, 1.82) is 0 Å². The minimum Gasteiger partial charge on any atom is -0.496 e. The van der Waals surface area contributed by atoms with E-state index in [4.69, 9.17) is 10.5 Å². The van der Waals surface area contributed by atoms with E-state index in [0.717, 1.165) is 12.0 Å². The number of nitrogens with two attached hydrogens (primary N) is 1. The number of benzene rings is 1. The third-order valence-corrected chi connectivity index (χ3v) is 4.17. The van der Waals surface area contributed by atoms with E-state index in [9.17, 15) is 8.42 Å². The predicted molar refractivity (Wildman–Crippen MR) is 68.9 cm³/mol. The summed E-state index contributed by atoms with van der Waals surface area (Å²) in [4.78, 5) is 0. The highest BCUT2D eigenvalue weighted by Gasteiger charge is 2.14. The highest BCUT2D eigenvalue weighted by Crippen LogP contribution is 2.22. The number of rotatable bonds is 6. The number of aryl methyl sites for hydroxylation is 1. The lowest BCUT2D eigenvalue weighted by Gasteiger charge is -2.10. The highest BCUT2D eigenvalue weighted by atomic mass is 32.2. The molecule has 1 rings (SSSR count). The molecular formula is C12H19NO3S. The number of methoxy groups -OCH3 is 1. The molecule has 0 saturated carbocycles. The Labute approximate surface area is 103 Å². The summed E-state index contributed by atoms with van der Waals surface area (Å²) in [5.74, 6) is 0.607. The Kier molecular flexibility index (Phi) is 4.96. The summed E-state index contributed by atoms with van der Waals surface area (Å²) in [6, 6.07) is 5.64. The van der Waals surface area contributed by atoms with E-state index in [2.05, 4.69) is 0 Å². The van der Waals surface area contributed by atoms with Crippen LogP contribution in [0.2, 0.25) is 0 Å². The Morgan fingerprint density at radius 3 is 2.59 bits per heavy atom. The van der Waals surface area contributed by atoms with Crippen LogP contribution in [0, 0.1) is 0 Å². The van der Waals surface area contributed by atoms with Gasteiger partial charge in [0, 0.05) is 12.1 Å². The van der Waals surface area contributed by atoms with E-state index in [0.29, 0.717) is 11.3 Å². The standard InChI is InChI=1S/C12H19NO3S/c1-3-10-4-5-12(16-2)11(8-10)9-17(14,15)7-6-13/h4-5,8H,3,6-7,9,13H2,1-2H3. The fourth-order valence-corrected chi connectivity index (χ4v) is 2.86. The first-order valence-electron chi connectivity index (χ1n) is 5.58. The maximum absolute atomic E-state index is 11.7. The van der Waals surface area contributed by atoms with Gasteiger partial charge in [-0.3, -0.25) is 0 Å². The average molecular weight is 257 g/mol. The molecule has 0 aliphatic carbocycles. The zero-order valence-corrected chi connectivity index (χ0v) is 11.1. The first-order chi connectivity index (χ1) is 8.02. The molecule has 1 aromatic rings. The molecule has 2 N–H and O–H groups in total. The zero-order valence-electron chi connectivity index (χ0n) is 10.3. The summed E-state index contributed by atoms with van der Waals surface area (Å²) in [6.45, 7) is 2.18. The smallest absolute Gasteiger partial charge is 0.155 e. The number of sulfone groups is 1. The van der Waals surface area contributed by atoms with Crippen molar-refractivity contribution in [2.24, 2.45) is 5.73 Å². The van der Waals surface area contributed by atoms with Crippen LogP contribution in [0.3, 0.4) is 0 Å². The van der Waals surface area contributed by atoms with Gasteiger partial charge in [0.05, 0.1) is 18.6 Å². The van der Waals surface area contributed by atoms with Crippen LogP contribution >= 0.6 is 0 Å². The third kappa shape index (κ3) is 4.02. The molecule has 5 heteroatoms. The molecule has 0 saturated heterocycles. The summed E-state index contributed by atoms with van der Waals surface area (Å²) in [5.41, 5.74) is 7.09. The molecular weight excluding hydrogens is 238 g/mol. The van der Waals surface area contributed by atoms with Gasteiger partial charge in [0.2, 0.25) is 0 Å². The van der Waals surface area contributed by atoms with Crippen molar-refractivity contribution in [3.05, 3.63) is 29.3 Å². The fourth-order valence-electron chi connectivity index (χ4n) is 1.65. The van der Waals surface area contributed by atoms with Crippen molar-refractivity contribution in [2.45, 2.75) is 19.1 Å². The Morgan fingerprint density at radius 1 is 1.35 bits per heavy atom. The van der Waals surface area contributed by atoms with Crippen molar-refractivity contribution < 1.29 is 13.2 Å². The first kappa shape index (κ1) is 14.0. The SMILES string of the molecule is CCc1ccc(OC)c(CS(=O)(=O)CCN)c1. The molecule has 0 heterocycles. The Morgan fingerprint density at radius 2 is 2.06 bits per heavy atom. The number of hydrogen-bond donors (Lipinski definition) is 1. The van der Waals surface area contributed by atoms with Crippen molar-refractivity contribution in [2.75, 3.05) is 19.4 Å². The van der Waals surface area contributed by atoms with Crippen LogP contribution in [0.5, 0.6) is 5.75 Å². The molecule has 0 amide bonds. The largest absolute Gasteiger partial charge is 0.496 e. The highest BCUT2D eigenvalue weighted by molar-refractivity contribution is 7.90. The van der Waals surface area contributed by atoms with Gasteiger partial charge in [-0.1, -0.05) is 19.1 Å². The van der Waals surface area contributed by atoms with Crippen molar-refractivity contribution in [1.82, 2.24) is 0 Å². The minimum absolute atomic E-state index is 0.00646. The molecule has 0 atom stereocenters. The van der Waals surface area contributed by atoms with Gasteiger partial charge in [0.25, 0.3) is 0 Å². The normalized spacial score (nSPS) is 11.5. The second kappa shape index (κ2) is 6.02. The van der Waals surface area contributed by atoms with Gasteiger partial charge in [-0.15, -0.1) is 0 Å². The summed E-state index contributed by atoms with van der Waals surface area (Å²) >= 11 is 0. The van der Waals surface area contributed by atoms with Crippen molar-refractivity contribution >= 4 is 9.84 Å². The predicted octanol–water partition coefficient (Wildman–Crippen LogP) is 1.13. The summed E-state index contributed by atoms with van der Waals surface area (Å²) in [5, 5.41) is 0. The van der Waals surface area contributed by atoms with Crippen LogP contribution in [-0.4, -0.2) is 27.8 Å². The first-order valence-corrected chi connectivity index (χ1v) is 7.40. The van der Waals surface area contributed by atoms with E-state index in [1.54, 1.807) is 7.11 Å². The number of hydrogen-bond acceptors (Lipinski definition) is 4. The Bertz CT molecular complexity index is 469. The van der Waals surface area contributed by atoms with E-state index < -0.39 is 9.84 Å². The molecule has 96 valence electrons. The maximum Gasteiger partial charge on any atom is 0.155 e. The van der Waals surface area contributed by atoms with Crippen molar-refractivity contribution in [3.63, 3.8) is 0 Å². The van der Waals surface area contributed by atoms with Crippen LogP contribution in [0.1, 0.15) is 18.1 Å². The quantitative estimate of drug-likeness (QED) is 0.829. The van der Waals surface area contributed by atoms with Gasteiger partial charge in [-0.05, 0) is 18.1 Å². The summed E-state index contributed by atoms with van der Waals surface area (Å²) in [6.07, 6.45) is 0.869. The van der Waals surface area contributed by atoms with E-state index in [-0.39, 0.29) is 18.1 Å². The summed E-state index contributed by atoms with van der Waals surface area (Å²) < 4.78 is 28.6. The molecule has 0 fully saturated rings. The molecule has 0 aliphatic heterocycles. The molecule has 17 heavy (non-hydrogen) atoms. The molecule has 0 radical (unpaired) electrons. The lowest BCUT2D eigenvalue weighted by atomic mass is 10.1. The average Bonchev–Trinajstić information content (AvgIpc) is 2.28. The van der Waals surface area contributed by atoms with E-state index >= 15 is 0 Å². The molecule has 0 aromatic heterocycles. The van der Waals surface area contributed by atoms with Gasteiger partial charge < -0.3 is 10.5 Å². The molecule has 0 spiro atoms. The van der Waals surface area contributed by atoms with Gasteiger partial charge in [0.1, 0.15) is 5.75 Å². The minimum atomic E-state index is -3.15. The van der Waals surface area contributed by atoms with Crippen molar-refractivity contribution in [3.8, 4) is 5.75 Å². The van der Waals surface area contributed by atoms with Gasteiger partial charge in [0.15, 0.2) is 9.84 Å². The molecule has 0 aliphatic rings. The number of ether oxygens (including phenoxy) is 1. The Balaban J connectivity index is 3.03. The molecule has 1 aromatic carbocycles. The van der Waals surface area contributed by atoms with E-state index in [1.807, 2.05) is 25.1 Å². The van der Waals surface area contributed by atoms with Crippen LogP contribution in [0.25, 0.3) is 0 Å². The topological polar surface area (TPSA) is 69.4 Å². The van der Waals surface area contributed by atoms with E-state index in [1.165, 1.54) is 0 Å². The van der Waals surface area contributed by atoms with Crippen LogP contribution in [0.15, 0.2) is 18.2 Å². The third-order valence-electron chi connectivity index (χ3n) is 2.56. The monoisotopic (exact) mass is 257 g/mol. The Hall–Kier alpha value is -1.07. The van der Waals surface area contributed by atoms with Crippen LogP contribution in [-0.2, 0) is 22.0 Å². The maximum atomic E-state index is 11.7. The fraction of sp³-hybridized carbons (Fsp3) is 0.500. The lowest BCUT2D eigenvalue weighted by molar-refractivity contribution is 0.411. The molecule has 4 nitrogen and oxygen atoms in total. The molecule has 0 unspecified atom stereocenters. The van der Waals surface area contributed by atoms with Crippen LogP contribution < -0.4 is 10.5 Å².